The molecule has 0 spiro atoms. The fourth-order valence-electron chi connectivity index (χ4n) is 4.80. The van der Waals surface area contributed by atoms with Crippen molar-refractivity contribution in [3.05, 3.63) is 45.0 Å². The number of aliphatic hydroxyl groups is 4. The van der Waals surface area contributed by atoms with Crippen molar-refractivity contribution in [2.24, 2.45) is 0 Å². The quantitative estimate of drug-likeness (QED) is 0.199. The molecule has 4 heterocycles. The van der Waals surface area contributed by atoms with Crippen molar-refractivity contribution in [1.82, 2.24) is 29.1 Å². The lowest BCUT2D eigenvalue weighted by Gasteiger charge is -2.43. The van der Waals surface area contributed by atoms with Crippen LogP contribution in [-0.4, -0.2) is 73.9 Å². The average Bonchev–Trinajstić information content (AvgIpc) is 3.38. The number of aliphatic hydroxyl groups excluding tert-OH is 2. The molecule has 2 saturated carbocycles. The van der Waals surface area contributed by atoms with E-state index in [-0.39, 0.29) is 25.3 Å². The van der Waals surface area contributed by atoms with Gasteiger partial charge in [0.25, 0.3) is 0 Å². The first-order valence-electron chi connectivity index (χ1n) is 11.0. The number of nitrogens with zero attached hydrogens (tertiary/aromatic N) is 6. The van der Waals surface area contributed by atoms with Crippen LogP contribution in [0.5, 0.6) is 0 Å². The van der Waals surface area contributed by atoms with E-state index in [2.05, 4.69) is 42.5 Å². The van der Waals surface area contributed by atoms with Gasteiger partial charge in [0.15, 0.2) is 0 Å². The van der Waals surface area contributed by atoms with E-state index < -0.39 is 11.2 Å². The summed E-state index contributed by atoms with van der Waals surface area (Å²) >= 11 is 14.2. The summed E-state index contributed by atoms with van der Waals surface area (Å²) in [7, 11) is 0. The summed E-state index contributed by atoms with van der Waals surface area (Å²) in [6.45, 7) is -0.395. The van der Waals surface area contributed by atoms with Gasteiger partial charge >= 0.3 is 0 Å². The van der Waals surface area contributed by atoms with Gasteiger partial charge in [0.1, 0.15) is 34.3 Å². The second kappa shape index (κ2) is 9.36. The minimum atomic E-state index is -0.941. The molecule has 186 valence electrons. The van der Waals surface area contributed by atoms with Crippen LogP contribution in [0.2, 0.25) is 10.3 Å². The molecule has 0 atom stereocenters. The highest BCUT2D eigenvalue weighted by molar-refractivity contribution is 14.1. The summed E-state index contributed by atoms with van der Waals surface area (Å²) < 4.78 is 4.98. The highest BCUT2D eigenvalue weighted by atomic mass is 127. The smallest absolute Gasteiger partial charge is 0.146 e. The number of fused-ring (bicyclic) bond motifs is 2. The van der Waals surface area contributed by atoms with Gasteiger partial charge in [-0.3, -0.25) is 0 Å². The Hall–Kier alpha value is -1.61. The maximum absolute atomic E-state index is 9.86. The summed E-state index contributed by atoms with van der Waals surface area (Å²) in [5.74, 6) is 0. The van der Waals surface area contributed by atoms with Crippen LogP contribution in [0.1, 0.15) is 37.8 Å². The second-order valence-electron chi connectivity index (χ2n) is 9.26. The van der Waals surface area contributed by atoms with Crippen LogP contribution in [0.3, 0.4) is 0 Å². The Kier molecular flexibility index (Phi) is 6.70. The molecule has 0 bridgehead atoms. The van der Waals surface area contributed by atoms with Crippen molar-refractivity contribution in [3.63, 3.8) is 0 Å². The average molecular weight is 633 g/mol. The normalized spacial score (nSPS) is 27.9. The molecule has 0 radical (unpaired) electrons. The number of aromatic nitrogens is 6. The molecule has 10 nitrogen and oxygen atoms in total. The van der Waals surface area contributed by atoms with Crippen molar-refractivity contribution in [2.45, 2.75) is 49.0 Å². The van der Waals surface area contributed by atoms with Gasteiger partial charge in [-0.2, -0.15) is 0 Å². The number of rotatable bonds is 4. The van der Waals surface area contributed by atoms with Gasteiger partial charge in [-0.05, 0) is 54.3 Å². The maximum atomic E-state index is 9.86. The molecule has 0 saturated heterocycles. The molecule has 6 rings (SSSR count). The lowest BCUT2D eigenvalue weighted by molar-refractivity contribution is -0.101. The first-order chi connectivity index (χ1) is 16.7. The highest BCUT2D eigenvalue weighted by Gasteiger charge is 2.44. The standard InChI is InChI=1S/C11H11ClIN3O2.C11H12ClN3O2/c12-9-8-7(13)3-16(10(8)15-5-14-9)6-1-11(18,2-6)4-17;12-9-8-1-2-15(10(8)14-6-13-9)7-3-11(17,4-7)5-16/h3,5-6,17-18H,1-2,4H2;1-2,6-7,16-17H,3-5H2. The Labute approximate surface area is 223 Å². The van der Waals surface area contributed by atoms with Gasteiger partial charge in [0, 0.05) is 28.0 Å². The van der Waals surface area contributed by atoms with E-state index in [9.17, 15) is 10.2 Å². The third kappa shape index (κ3) is 4.52. The highest BCUT2D eigenvalue weighted by Crippen LogP contribution is 2.44. The van der Waals surface area contributed by atoms with Crippen molar-refractivity contribution in [3.8, 4) is 0 Å². The first-order valence-corrected chi connectivity index (χ1v) is 12.8. The fraction of sp³-hybridized carbons (Fsp3) is 0.455. The predicted octanol–water partition coefficient (Wildman–Crippen LogP) is 2.89. The Morgan fingerprint density at radius 1 is 0.857 bits per heavy atom. The van der Waals surface area contributed by atoms with E-state index in [0.29, 0.717) is 36.0 Å². The van der Waals surface area contributed by atoms with Crippen molar-refractivity contribution < 1.29 is 20.4 Å². The molecule has 0 unspecified atom stereocenters. The zero-order valence-electron chi connectivity index (χ0n) is 18.4. The van der Waals surface area contributed by atoms with Gasteiger partial charge in [0.2, 0.25) is 0 Å². The van der Waals surface area contributed by atoms with Gasteiger partial charge in [0.05, 0.1) is 35.2 Å². The number of halogens is 3. The topological polar surface area (TPSA) is 142 Å². The van der Waals surface area contributed by atoms with Gasteiger partial charge in [-0.1, -0.05) is 23.2 Å². The molecule has 0 aromatic carbocycles. The third-order valence-electron chi connectivity index (χ3n) is 6.82. The molecule has 13 heteroatoms. The largest absolute Gasteiger partial charge is 0.393 e. The molecule has 0 amide bonds. The van der Waals surface area contributed by atoms with Crippen LogP contribution in [0.25, 0.3) is 22.1 Å². The summed E-state index contributed by atoms with van der Waals surface area (Å²) in [6.07, 6.45) is 8.87. The molecule has 0 aliphatic heterocycles. The van der Waals surface area contributed by atoms with Crippen molar-refractivity contribution in [1.29, 1.82) is 0 Å². The Morgan fingerprint density at radius 3 is 2.00 bits per heavy atom. The lowest BCUT2D eigenvalue weighted by atomic mass is 9.76. The molecule has 2 aliphatic rings. The zero-order valence-corrected chi connectivity index (χ0v) is 22.1. The van der Waals surface area contributed by atoms with Crippen LogP contribution in [0.15, 0.2) is 31.1 Å². The molecule has 2 aliphatic carbocycles. The first kappa shape index (κ1) is 25.1. The molecular formula is C22H23Cl2IN6O4. The van der Waals surface area contributed by atoms with Crippen molar-refractivity contribution >= 4 is 67.9 Å². The molecule has 2 fully saturated rings. The summed E-state index contributed by atoms with van der Waals surface area (Å²) in [5.41, 5.74) is -0.318. The van der Waals surface area contributed by atoms with Gasteiger partial charge in [-0.15, -0.1) is 0 Å². The monoisotopic (exact) mass is 632 g/mol. The molecule has 4 N–H and O–H groups in total. The number of hydrogen-bond acceptors (Lipinski definition) is 8. The Morgan fingerprint density at radius 2 is 1.40 bits per heavy atom. The summed E-state index contributed by atoms with van der Waals surface area (Å²) in [4.78, 5) is 16.4. The van der Waals surface area contributed by atoms with Crippen LogP contribution in [-0.2, 0) is 0 Å². The predicted molar refractivity (Wildman–Crippen MR) is 138 cm³/mol. The zero-order chi connectivity index (χ0) is 25.0. The van der Waals surface area contributed by atoms with E-state index in [0.717, 1.165) is 25.6 Å². The van der Waals surface area contributed by atoms with E-state index >= 15 is 0 Å². The van der Waals surface area contributed by atoms with E-state index in [1.165, 1.54) is 12.7 Å². The second-order valence-corrected chi connectivity index (χ2v) is 11.1. The maximum Gasteiger partial charge on any atom is 0.146 e. The Balaban J connectivity index is 0.000000145. The molecule has 4 aromatic heterocycles. The third-order valence-corrected chi connectivity index (χ3v) is 8.22. The van der Waals surface area contributed by atoms with E-state index in [1.807, 2.05) is 27.6 Å². The minimum absolute atomic E-state index is 0.152. The Bertz CT molecular complexity index is 1380. The molecular weight excluding hydrogens is 610 g/mol. The van der Waals surface area contributed by atoms with Crippen LogP contribution in [0.4, 0.5) is 0 Å². The van der Waals surface area contributed by atoms with E-state index in [4.69, 9.17) is 33.4 Å². The molecule has 35 heavy (non-hydrogen) atoms. The SMILES string of the molecule is OCC1(O)CC(n2cc(I)c3c(Cl)ncnc32)C1.OCC1(O)CC(n2ccc3c(Cl)ncnc32)C1. The van der Waals surface area contributed by atoms with Gasteiger partial charge < -0.3 is 29.6 Å². The lowest BCUT2D eigenvalue weighted by Crippen LogP contribution is -2.47. The minimum Gasteiger partial charge on any atom is -0.393 e. The summed E-state index contributed by atoms with van der Waals surface area (Å²) in [5, 5.41) is 40.3. The number of hydrogen-bond donors (Lipinski definition) is 4. The van der Waals surface area contributed by atoms with Gasteiger partial charge in [-0.25, -0.2) is 19.9 Å². The molecule has 4 aromatic rings. The van der Waals surface area contributed by atoms with Crippen molar-refractivity contribution in [2.75, 3.05) is 13.2 Å². The van der Waals surface area contributed by atoms with Crippen LogP contribution in [0, 0.1) is 3.57 Å². The van der Waals surface area contributed by atoms with E-state index in [1.54, 1.807) is 0 Å². The fourth-order valence-corrected chi connectivity index (χ4v) is 6.18. The summed E-state index contributed by atoms with van der Waals surface area (Å²) in [6, 6.07) is 2.18. The van der Waals surface area contributed by atoms with Crippen LogP contribution < -0.4 is 0 Å². The van der Waals surface area contributed by atoms with Crippen LogP contribution >= 0.6 is 45.8 Å².